The first kappa shape index (κ1) is 35.1. The van der Waals surface area contributed by atoms with Gasteiger partial charge in [0.2, 0.25) is 0 Å². The predicted molar refractivity (Wildman–Crippen MR) is 207 cm³/mol. The number of hydrogen-bond acceptors (Lipinski definition) is 7. The standard InChI is InChI=1S/C45H44FN3O4S/c1-44-23-30-25-48-49(33-15-13-32(46)14-16-33)37(30)22-31(44)12-17-34-35-20-29(21-38(50)40-7-5-19-53-40)41(45(35,2)24-39(51)42(34)44)43(52)54-26-27-8-10-28(11-9-27)36-6-3-4-18-47-36/h3-11,13-16,18-19,22,25,29,34-35,39,41-42,51H,12,17,20-21,23-24,26H2,1-2H3. The summed E-state index contributed by atoms with van der Waals surface area (Å²) >= 11 is 1.34. The minimum absolute atomic E-state index is 0.0124. The van der Waals surface area contributed by atoms with Gasteiger partial charge in [-0.25, -0.2) is 9.07 Å². The summed E-state index contributed by atoms with van der Waals surface area (Å²) in [6.07, 6.45) is 11.0. The molecule has 1 N–H and O–H groups in total. The van der Waals surface area contributed by atoms with Gasteiger partial charge in [0.25, 0.3) is 0 Å². The van der Waals surface area contributed by atoms with E-state index in [0.717, 1.165) is 59.4 Å². The highest BCUT2D eigenvalue weighted by Crippen LogP contribution is 2.68. The van der Waals surface area contributed by atoms with Crippen molar-refractivity contribution in [3.8, 4) is 16.9 Å². The molecule has 4 aliphatic carbocycles. The zero-order chi connectivity index (χ0) is 37.2. The fourth-order valence-electron chi connectivity index (χ4n) is 11.1. The average Bonchev–Trinajstić information content (AvgIpc) is 3.92. The molecule has 3 aromatic heterocycles. The van der Waals surface area contributed by atoms with Crippen molar-refractivity contribution in [2.24, 2.45) is 40.4 Å². The summed E-state index contributed by atoms with van der Waals surface area (Å²) < 4.78 is 21.1. The molecule has 8 atom stereocenters. The number of fused-ring (bicyclic) bond motifs is 6. The second-order valence-corrected chi connectivity index (χ2v) is 17.4. The molecular weight excluding hydrogens is 698 g/mol. The Bertz CT molecular complexity index is 2220. The van der Waals surface area contributed by atoms with Gasteiger partial charge in [-0.15, -0.1) is 0 Å². The number of carbonyl (C=O) groups is 2. The summed E-state index contributed by atoms with van der Waals surface area (Å²) in [7, 11) is 0. The third-order valence-electron chi connectivity index (χ3n) is 13.5. The molecule has 276 valence electrons. The number of thioether (sulfide) groups is 1. The first-order valence-corrected chi connectivity index (χ1v) is 20.1. The zero-order valence-corrected chi connectivity index (χ0v) is 31.3. The van der Waals surface area contributed by atoms with Gasteiger partial charge in [-0.2, -0.15) is 5.10 Å². The monoisotopic (exact) mass is 741 g/mol. The smallest absolute Gasteiger partial charge is 0.198 e. The largest absolute Gasteiger partial charge is 0.461 e. The Labute approximate surface area is 319 Å². The van der Waals surface area contributed by atoms with Gasteiger partial charge in [-0.3, -0.25) is 14.6 Å². The summed E-state index contributed by atoms with van der Waals surface area (Å²) in [5.41, 5.74) is 6.55. The van der Waals surface area contributed by atoms with Crippen molar-refractivity contribution in [1.82, 2.24) is 14.8 Å². The number of hydrogen-bond donors (Lipinski definition) is 1. The molecule has 0 spiro atoms. The molecule has 8 unspecified atom stereocenters. The highest BCUT2D eigenvalue weighted by atomic mass is 32.2. The first-order chi connectivity index (χ1) is 26.1. The van der Waals surface area contributed by atoms with Crippen LogP contribution in [-0.4, -0.2) is 36.9 Å². The quantitative estimate of drug-likeness (QED) is 0.158. The first-order valence-electron chi connectivity index (χ1n) is 19.1. The van der Waals surface area contributed by atoms with Crippen LogP contribution in [0.5, 0.6) is 0 Å². The van der Waals surface area contributed by atoms with Crippen LogP contribution < -0.4 is 0 Å². The maximum atomic E-state index is 14.6. The van der Waals surface area contributed by atoms with Crippen LogP contribution in [-0.2, 0) is 17.0 Å². The molecule has 2 aromatic carbocycles. The van der Waals surface area contributed by atoms with Gasteiger partial charge in [0.15, 0.2) is 16.7 Å². The van der Waals surface area contributed by atoms with Crippen LogP contribution in [0.1, 0.15) is 73.3 Å². The van der Waals surface area contributed by atoms with E-state index >= 15 is 0 Å². The topological polar surface area (TPSA) is 98.2 Å². The summed E-state index contributed by atoms with van der Waals surface area (Å²) in [5.74, 6) is 0.404. The lowest BCUT2D eigenvalue weighted by Gasteiger charge is -2.59. The van der Waals surface area contributed by atoms with Gasteiger partial charge < -0.3 is 9.52 Å². The second-order valence-electron chi connectivity index (χ2n) is 16.4. The lowest BCUT2D eigenvalue weighted by atomic mass is 9.46. The molecule has 3 fully saturated rings. The normalized spacial score (nSPS) is 29.7. The number of pyridine rings is 1. The average molecular weight is 742 g/mol. The number of furan rings is 1. The van der Waals surface area contributed by atoms with Gasteiger partial charge >= 0.3 is 0 Å². The highest BCUT2D eigenvalue weighted by molar-refractivity contribution is 8.13. The van der Waals surface area contributed by atoms with E-state index in [0.29, 0.717) is 17.9 Å². The Morgan fingerprint density at radius 3 is 2.59 bits per heavy atom. The van der Waals surface area contributed by atoms with E-state index in [4.69, 9.17) is 9.52 Å². The van der Waals surface area contributed by atoms with Gasteiger partial charge in [-0.1, -0.05) is 61.5 Å². The second kappa shape index (κ2) is 13.6. The molecule has 3 saturated carbocycles. The van der Waals surface area contributed by atoms with Crippen LogP contribution in [0, 0.1) is 46.2 Å². The van der Waals surface area contributed by atoms with E-state index in [2.05, 4.69) is 37.0 Å². The van der Waals surface area contributed by atoms with Crippen molar-refractivity contribution < 1.29 is 23.5 Å². The molecule has 9 rings (SSSR count). The van der Waals surface area contributed by atoms with Crippen molar-refractivity contribution in [3.63, 3.8) is 0 Å². The van der Waals surface area contributed by atoms with Crippen molar-refractivity contribution in [1.29, 1.82) is 0 Å². The van der Waals surface area contributed by atoms with Gasteiger partial charge in [-0.05, 0) is 132 Å². The Balaban J connectivity index is 0.991. The number of aliphatic hydroxyl groups excluding tert-OH is 1. The van der Waals surface area contributed by atoms with E-state index in [9.17, 15) is 19.1 Å². The SMILES string of the molecule is CC12Cc3cnn(-c4ccc(F)cc4)c3C=C1CCC1C2C(O)CC2(C)C1CC(CC(=O)c1ccco1)C2C(=O)SCc1ccc(-c2ccccn2)cc1. The van der Waals surface area contributed by atoms with E-state index < -0.39 is 11.5 Å². The number of rotatable bonds is 8. The predicted octanol–water partition coefficient (Wildman–Crippen LogP) is 9.39. The van der Waals surface area contributed by atoms with Crippen LogP contribution >= 0.6 is 11.8 Å². The maximum absolute atomic E-state index is 14.6. The minimum atomic E-state index is -0.599. The third-order valence-corrected chi connectivity index (χ3v) is 14.5. The number of ketones is 1. The fourth-order valence-corrected chi connectivity index (χ4v) is 12.3. The van der Waals surface area contributed by atoms with Crippen molar-refractivity contribution in [3.05, 3.63) is 131 Å². The Kier molecular flexibility index (Phi) is 8.85. The molecule has 4 aliphatic rings. The summed E-state index contributed by atoms with van der Waals surface area (Å²) in [5, 5.41) is 17.2. The number of Topliss-reactive ketones (excluding diaryl/α,β-unsaturated/α-hetero) is 1. The van der Waals surface area contributed by atoms with Crippen LogP contribution in [0.4, 0.5) is 4.39 Å². The van der Waals surface area contributed by atoms with Crippen molar-refractivity contribution in [2.75, 3.05) is 0 Å². The fraction of sp³-hybridized carbons (Fsp3) is 0.378. The van der Waals surface area contributed by atoms with Gasteiger partial charge in [0, 0.05) is 29.9 Å². The molecule has 0 aliphatic heterocycles. The number of benzene rings is 2. The molecule has 0 amide bonds. The molecule has 5 aromatic rings. The van der Waals surface area contributed by atoms with Crippen LogP contribution in [0.25, 0.3) is 23.0 Å². The molecule has 3 heterocycles. The summed E-state index contributed by atoms with van der Waals surface area (Å²) in [6.45, 7) is 4.53. The van der Waals surface area contributed by atoms with E-state index in [1.807, 2.05) is 41.2 Å². The van der Waals surface area contributed by atoms with E-state index in [1.54, 1.807) is 30.5 Å². The zero-order valence-electron chi connectivity index (χ0n) is 30.5. The van der Waals surface area contributed by atoms with Gasteiger partial charge in [0.1, 0.15) is 5.82 Å². The maximum Gasteiger partial charge on any atom is 0.198 e. The van der Waals surface area contributed by atoms with Crippen LogP contribution in [0.15, 0.2) is 108 Å². The minimum Gasteiger partial charge on any atom is -0.461 e. The van der Waals surface area contributed by atoms with Crippen LogP contribution in [0.2, 0.25) is 0 Å². The number of aromatic nitrogens is 3. The molecule has 0 radical (unpaired) electrons. The molecule has 7 nitrogen and oxygen atoms in total. The highest BCUT2D eigenvalue weighted by Gasteiger charge is 2.65. The Morgan fingerprint density at radius 1 is 1.04 bits per heavy atom. The van der Waals surface area contributed by atoms with Crippen molar-refractivity contribution in [2.45, 2.75) is 64.2 Å². The lowest BCUT2D eigenvalue weighted by molar-refractivity contribution is -0.137. The van der Waals surface area contributed by atoms with E-state index in [1.165, 1.54) is 35.7 Å². The van der Waals surface area contributed by atoms with Crippen LogP contribution in [0.3, 0.4) is 0 Å². The Morgan fingerprint density at radius 2 is 1.85 bits per heavy atom. The molecule has 0 saturated heterocycles. The molecular formula is C45H44FN3O4S. The van der Waals surface area contributed by atoms with Crippen molar-refractivity contribution >= 4 is 28.7 Å². The lowest BCUT2D eigenvalue weighted by Crippen LogP contribution is -2.57. The van der Waals surface area contributed by atoms with Gasteiger partial charge in [0.05, 0.1) is 35.6 Å². The Hall–Kier alpha value is -4.60. The van der Waals surface area contributed by atoms with E-state index in [-0.39, 0.29) is 58.1 Å². The number of aliphatic hydroxyl groups is 1. The number of nitrogens with zero attached hydrogens (tertiary/aromatic N) is 3. The molecule has 0 bridgehead atoms. The molecule has 9 heteroatoms. The molecule has 54 heavy (non-hydrogen) atoms. The number of allylic oxidation sites excluding steroid dienone is 1. The summed E-state index contributed by atoms with van der Waals surface area (Å²) in [4.78, 5) is 32.6. The number of carbonyl (C=O) groups excluding carboxylic acids is 2. The third kappa shape index (κ3) is 5.91. The summed E-state index contributed by atoms with van der Waals surface area (Å²) in [6, 6.07) is 23.9. The number of halogens is 1.